The van der Waals surface area contributed by atoms with E-state index in [0.29, 0.717) is 10.7 Å². The van der Waals surface area contributed by atoms with Gasteiger partial charge in [0.05, 0.1) is 6.54 Å². The molecule has 3 heterocycles. The monoisotopic (exact) mass is 325 g/mol. The minimum Gasteiger partial charge on any atom is -0.381 e. The Morgan fingerprint density at radius 1 is 1.27 bits per heavy atom. The number of hydrogen-bond acceptors (Lipinski definition) is 6. The molecule has 2 aliphatic heterocycles. The first kappa shape index (κ1) is 16.3. The number of ether oxygens (including phenoxy) is 1. The smallest absolute Gasteiger partial charge is 0.229 e. The van der Waals surface area contributed by atoms with E-state index in [-0.39, 0.29) is 0 Å². The minimum atomic E-state index is 0.386. The molecule has 22 heavy (non-hydrogen) atoms. The van der Waals surface area contributed by atoms with Crippen LogP contribution in [0.4, 0.5) is 0 Å². The molecule has 0 atom stereocenters. The van der Waals surface area contributed by atoms with Crippen LogP contribution in [0.25, 0.3) is 0 Å². The topological polar surface area (TPSA) is 51.4 Å². The molecule has 0 aromatic carbocycles. The Hall–Kier alpha value is -0.590. The Kier molecular flexibility index (Phi) is 5.42. The molecule has 0 amide bonds. The van der Waals surface area contributed by atoms with Crippen LogP contribution in [0.5, 0.6) is 0 Å². The van der Waals surface area contributed by atoms with Crippen molar-refractivity contribution >= 4 is 11.8 Å². The average molecular weight is 325 g/mol. The summed E-state index contributed by atoms with van der Waals surface area (Å²) in [7, 11) is 0. The number of aromatic nitrogens is 2. The van der Waals surface area contributed by atoms with Gasteiger partial charge in [-0.3, -0.25) is 4.90 Å². The average Bonchev–Trinajstić information content (AvgIpc) is 3.04. The molecule has 1 aromatic heterocycles. The lowest BCUT2D eigenvalue weighted by Gasteiger charge is -2.41. The highest BCUT2D eigenvalue weighted by molar-refractivity contribution is 8.00. The molecule has 0 unspecified atom stereocenters. The summed E-state index contributed by atoms with van der Waals surface area (Å²) >= 11 is 2.13. The molecule has 0 bridgehead atoms. The second-order valence-corrected chi connectivity index (χ2v) is 7.95. The second kappa shape index (κ2) is 7.32. The van der Waals surface area contributed by atoms with E-state index in [1.807, 2.05) is 0 Å². The SMILES string of the molecule is CCC1(CC)CN(Cc2noc(C3CCOCC3)n2)CCS1. The third kappa shape index (κ3) is 3.66. The maximum Gasteiger partial charge on any atom is 0.229 e. The van der Waals surface area contributed by atoms with Gasteiger partial charge in [-0.1, -0.05) is 19.0 Å². The van der Waals surface area contributed by atoms with Gasteiger partial charge in [0, 0.05) is 42.7 Å². The van der Waals surface area contributed by atoms with Crippen LogP contribution in [0.1, 0.15) is 57.2 Å². The molecule has 0 N–H and O–H groups in total. The van der Waals surface area contributed by atoms with E-state index in [1.165, 1.54) is 18.6 Å². The molecule has 6 heteroatoms. The highest BCUT2D eigenvalue weighted by atomic mass is 32.2. The van der Waals surface area contributed by atoms with Gasteiger partial charge in [-0.2, -0.15) is 16.7 Å². The van der Waals surface area contributed by atoms with E-state index in [0.717, 1.165) is 57.4 Å². The second-order valence-electron chi connectivity index (χ2n) is 6.38. The summed E-state index contributed by atoms with van der Waals surface area (Å²) in [5.74, 6) is 3.24. The van der Waals surface area contributed by atoms with E-state index in [1.54, 1.807) is 0 Å². The Morgan fingerprint density at radius 2 is 2.05 bits per heavy atom. The number of thioether (sulfide) groups is 1. The van der Waals surface area contributed by atoms with Crippen molar-refractivity contribution in [1.29, 1.82) is 0 Å². The van der Waals surface area contributed by atoms with E-state index >= 15 is 0 Å². The fourth-order valence-electron chi connectivity index (χ4n) is 3.38. The summed E-state index contributed by atoms with van der Waals surface area (Å²) < 4.78 is 11.3. The van der Waals surface area contributed by atoms with Crippen molar-refractivity contribution in [3.8, 4) is 0 Å². The molecule has 0 saturated carbocycles. The van der Waals surface area contributed by atoms with Crippen molar-refractivity contribution < 1.29 is 9.26 Å². The molecule has 0 radical (unpaired) electrons. The molecule has 3 rings (SSSR count). The van der Waals surface area contributed by atoms with Gasteiger partial charge in [0.15, 0.2) is 5.82 Å². The molecule has 2 aliphatic rings. The Bertz CT molecular complexity index is 470. The minimum absolute atomic E-state index is 0.386. The van der Waals surface area contributed by atoms with Crippen LogP contribution >= 0.6 is 11.8 Å². The zero-order chi connectivity index (χ0) is 15.4. The standard InChI is InChI=1S/C16H27N3O2S/c1-3-16(4-2)12-19(7-10-22-16)11-14-17-15(21-18-14)13-5-8-20-9-6-13/h13H,3-12H2,1-2H3. The summed E-state index contributed by atoms with van der Waals surface area (Å²) in [5, 5.41) is 4.21. The van der Waals surface area contributed by atoms with Gasteiger partial charge in [-0.05, 0) is 25.7 Å². The molecule has 2 fully saturated rings. The first-order valence-corrected chi connectivity index (χ1v) is 9.50. The number of rotatable bonds is 5. The molecular formula is C16H27N3O2S. The van der Waals surface area contributed by atoms with Gasteiger partial charge in [-0.25, -0.2) is 0 Å². The molecule has 0 aliphatic carbocycles. The zero-order valence-corrected chi connectivity index (χ0v) is 14.5. The molecule has 1 aromatic rings. The maximum absolute atomic E-state index is 5.50. The predicted octanol–water partition coefficient (Wildman–Crippen LogP) is 3.07. The van der Waals surface area contributed by atoms with Crippen LogP contribution in [0.3, 0.4) is 0 Å². The molecule has 5 nitrogen and oxygen atoms in total. The Labute approximate surface area is 137 Å². The van der Waals surface area contributed by atoms with Gasteiger partial charge < -0.3 is 9.26 Å². The zero-order valence-electron chi connectivity index (χ0n) is 13.7. The summed E-state index contributed by atoms with van der Waals surface area (Å²) in [4.78, 5) is 7.13. The van der Waals surface area contributed by atoms with Crippen molar-refractivity contribution in [3.63, 3.8) is 0 Å². The number of nitrogens with zero attached hydrogens (tertiary/aromatic N) is 3. The third-order valence-corrected chi connectivity index (χ3v) is 6.74. The fourth-order valence-corrected chi connectivity index (χ4v) is 4.84. The Balaban J connectivity index is 1.60. The van der Waals surface area contributed by atoms with Gasteiger partial charge >= 0.3 is 0 Å². The molecule has 2 saturated heterocycles. The first-order chi connectivity index (χ1) is 10.7. The fraction of sp³-hybridized carbons (Fsp3) is 0.875. The number of hydrogen-bond donors (Lipinski definition) is 0. The Morgan fingerprint density at radius 3 is 2.77 bits per heavy atom. The molecular weight excluding hydrogens is 298 g/mol. The lowest BCUT2D eigenvalue weighted by molar-refractivity contribution is 0.0778. The normalized spacial score (nSPS) is 23.7. The van der Waals surface area contributed by atoms with Crippen LogP contribution < -0.4 is 0 Å². The summed E-state index contributed by atoms with van der Waals surface area (Å²) in [6.07, 6.45) is 4.45. The van der Waals surface area contributed by atoms with Crippen molar-refractivity contribution in [1.82, 2.24) is 15.0 Å². The first-order valence-electron chi connectivity index (χ1n) is 8.51. The van der Waals surface area contributed by atoms with E-state index in [2.05, 4.69) is 40.6 Å². The lowest BCUT2D eigenvalue weighted by atomic mass is 10.0. The highest BCUT2D eigenvalue weighted by Crippen LogP contribution is 2.37. The van der Waals surface area contributed by atoms with Gasteiger partial charge in [-0.15, -0.1) is 0 Å². The van der Waals surface area contributed by atoms with Crippen LogP contribution in [-0.2, 0) is 11.3 Å². The van der Waals surface area contributed by atoms with Gasteiger partial charge in [0.1, 0.15) is 0 Å². The largest absolute Gasteiger partial charge is 0.381 e. The van der Waals surface area contributed by atoms with E-state index in [9.17, 15) is 0 Å². The molecule has 124 valence electrons. The van der Waals surface area contributed by atoms with Crippen molar-refractivity contribution in [3.05, 3.63) is 11.7 Å². The lowest BCUT2D eigenvalue weighted by Crippen LogP contribution is -2.45. The van der Waals surface area contributed by atoms with E-state index in [4.69, 9.17) is 9.26 Å². The quantitative estimate of drug-likeness (QED) is 0.829. The van der Waals surface area contributed by atoms with Gasteiger partial charge in [0.2, 0.25) is 5.89 Å². The van der Waals surface area contributed by atoms with Crippen LogP contribution in [0.2, 0.25) is 0 Å². The van der Waals surface area contributed by atoms with E-state index < -0.39 is 0 Å². The predicted molar refractivity (Wildman–Crippen MR) is 88.1 cm³/mol. The van der Waals surface area contributed by atoms with Crippen molar-refractivity contribution in [2.75, 3.05) is 32.1 Å². The summed E-state index contributed by atoms with van der Waals surface area (Å²) in [5.41, 5.74) is 0. The van der Waals surface area contributed by atoms with Crippen LogP contribution in [-0.4, -0.2) is 51.8 Å². The van der Waals surface area contributed by atoms with Crippen molar-refractivity contribution in [2.24, 2.45) is 0 Å². The van der Waals surface area contributed by atoms with Crippen LogP contribution in [0, 0.1) is 0 Å². The van der Waals surface area contributed by atoms with Crippen LogP contribution in [0.15, 0.2) is 4.52 Å². The molecule has 0 spiro atoms. The highest BCUT2D eigenvalue weighted by Gasteiger charge is 2.33. The van der Waals surface area contributed by atoms with Crippen molar-refractivity contribution in [2.45, 2.75) is 56.7 Å². The summed E-state index contributed by atoms with van der Waals surface area (Å²) in [6, 6.07) is 0. The third-order valence-electron chi connectivity index (χ3n) is 5.04. The summed E-state index contributed by atoms with van der Waals surface area (Å²) in [6.45, 7) is 9.28. The maximum atomic E-state index is 5.50. The van der Waals surface area contributed by atoms with Gasteiger partial charge in [0.25, 0.3) is 0 Å².